The van der Waals surface area contributed by atoms with Crippen LogP contribution in [0.3, 0.4) is 0 Å². The van der Waals surface area contributed by atoms with Crippen LogP contribution >= 0.6 is 0 Å². The molecule has 0 radical (unpaired) electrons. The summed E-state index contributed by atoms with van der Waals surface area (Å²) < 4.78 is 0. The van der Waals surface area contributed by atoms with Crippen molar-refractivity contribution in [1.29, 1.82) is 0 Å². The molecule has 0 bridgehead atoms. The lowest BCUT2D eigenvalue weighted by Crippen LogP contribution is -2.21. The first-order valence-corrected chi connectivity index (χ1v) is 7.91. The molecular weight excluding hydrogens is 224 g/mol. The van der Waals surface area contributed by atoms with Gasteiger partial charge < -0.3 is 10.2 Å². The molecule has 0 heterocycles. The van der Waals surface area contributed by atoms with Crippen LogP contribution in [0.15, 0.2) is 0 Å². The molecule has 110 valence electrons. The van der Waals surface area contributed by atoms with Crippen LogP contribution in [0.2, 0.25) is 0 Å². The van der Waals surface area contributed by atoms with Crippen molar-refractivity contribution in [1.82, 2.24) is 0 Å². The third-order valence-electron chi connectivity index (χ3n) is 4.10. The van der Waals surface area contributed by atoms with Crippen molar-refractivity contribution in [3.63, 3.8) is 0 Å². The lowest BCUT2D eigenvalue weighted by Gasteiger charge is -2.23. The van der Waals surface area contributed by atoms with E-state index in [1.807, 2.05) is 6.92 Å². The van der Waals surface area contributed by atoms with Gasteiger partial charge >= 0.3 is 0 Å². The number of hydrogen-bond acceptors (Lipinski definition) is 2. The molecule has 4 atom stereocenters. The first-order chi connectivity index (χ1) is 8.54. The van der Waals surface area contributed by atoms with Crippen molar-refractivity contribution in [3.8, 4) is 0 Å². The molecule has 0 spiro atoms. The van der Waals surface area contributed by atoms with Gasteiger partial charge in [0.15, 0.2) is 0 Å². The normalized spacial score (nSPS) is 18.3. The second-order valence-corrected chi connectivity index (χ2v) is 5.86. The molecule has 18 heavy (non-hydrogen) atoms. The Hall–Kier alpha value is -0.0800. The van der Waals surface area contributed by atoms with Gasteiger partial charge in [0, 0.05) is 0 Å². The Morgan fingerprint density at radius 3 is 2.06 bits per heavy atom. The van der Waals surface area contributed by atoms with E-state index in [0.717, 1.165) is 38.5 Å². The van der Waals surface area contributed by atoms with Gasteiger partial charge in [-0.15, -0.1) is 0 Å². The zero-order valence-electron chi connectivity index (χ0n) is 12.9. The fourth-order valence-corrected chi connectivity index (χ4v) is 2.57. The Labute approximate surface area is 114 Å². The van der Waals surface area contributed by atoms with Crippen molar-refractivity contribution in [2.24, 2.45) is 11.8 Å². The van der Waals surface area contributed by atoms with E-state index in [9.17, 15) is 10.2 Å². The highest BCUT2D eigenvalue weighted by molar-refractivity contribution is 4.70. The summed E-state index contributed by atoms with van der Waals surface area (Å²) in [5, 5.41) is 19.8. The van der Waals surface area contributed by atoms with Crippen molar-refractivity contribution < 1.29 is 10.2 Å². The quantitative estimate of drug-likeness (QED) is 0.584. The van der Waals surface area contributed by atoms with Gasteiger partial charge in [-0.25, -0.2) is 0 Å². The van der Waals surface area contributed by atoms with E-state index in [0.29, 0.717) is 11.8 Å². The summed E-state index contributed by atoms with van der Waals surface area (Å²) in [6, 6.07) is 0. The van der Waals surface area contributed by atoms with Crippen molar-refractivity contribution in [2.75, 3.05) is 0 Å². The Bertz CT molecular complexity index is 182. The zero-order chi connectivity index (χ0) is 14.0. The lowest BCUT2D eigenvalue weighted by molar-refractivity contribution is 0.0781. The lowest BCUT2D eigenvalue weighted by atomic mass is 9.88. The predicted molar refractivity (Wildman–Crippen MR) is 78.6 cm³/mol. The van der Waals surface area contributed by atoms with Crippen molar-refractivity contribution in [3.05, 3.63) is 0 Å². The molecule has 0 aromatic carbocycles. The highest BCUT2D eigenvalue weighted by Crippen LogP contribution is 2.23. The molecule has 2 nitrogen and oxygen atoms in total. The van der Waals surface area contributed by atoms with Crippen LogP contribution < -0.4 is 0 Å². The second kappa shape index (κ2) is 10.8. The van der Waals surface area contributed by atoms with Gasteiger partial charge in [0.1, 0.15) is 0 Å². The maximum atomic E-state index is 10.2. The minimum atomic E-state index is -0.167. The van der Waals surface area contributed by atoms with Crippen LogP contribution in [0.5, 0.6) is 0 Å². The predicted octanol–water partition coefficient (Wildman–Crippen LogP) is 4.14. The van der Waals surface area contributed by atoms with Gasteiger partial charge in [0.2, 0.25) is 0 Å². The fraction of sp³-hybridized carbons (Fsp3) is 1.00. The zero-order valence-corrected chi connectivity index (χ0v) is 12.9. The molecule has 0 saturated carbocycles. The summed E-state index contributed by atoms with van der Waals surface area (Å²) in [5.74, 6) is 0.978. The Morgan fingerprint density at radius 1 is 0.889 bits per heavy atom. The summed E-state index contributed by atoms with van der Waals surface area (Å²) in [5.41, 5.74) is 0. The Balaban J connectivity index is 3.87. The molecule has 0 amide bonds. The highest BCUT2D eigenvalue weighted by Gasteiger charge is 2.18. The van der Waals surface area contributed by atoms with Crippen molar-refractivity contribution in [2.45, 2.75) is 91.3 Å². The van der Waals surface area contributed by atoms with Gasteiger partial charge in [-0.1, -0.05) is 47.0 Å². The third-order valence-corrected chi connectivity index (χ3v) is 4.10. The smallest absolute Gasteiger partial charge is 0.0568 e. The van der Waals surface area contributed by atoms with E-state index < -0.39 is 0 Å². The molecule has 0 aromatic rings. The maximum absolute atomic E-state index is 10.2. The second-order valence-electron chi connectivity index (χ2n) is 5.86. The van der Waals surface area contributed by atoms with Gasteiger partial charge in [-0.2, -0.15) is 0 Å². The largest absolute Gasteiger partial charge is 0.393 e. The number of rotatable bonds is 11. The maximum Gasteiger partial charge on any atom is 0.0568 e. The SMILES string of the molecule is CCCCC(CC)C(O)CCC(C)CC(O)CC. The molecule has 4 unspecified atom stereocenters. The molecule has 0 fully saturated rings. The van der Waals surface area contributed by atoms with Crippen LogP contribution in [0, 0.1) is 11.8 Å². The summed E-state index contributed by atoms with van der Waals surface area (Å²) in [7, 11) is 0. The average molecular weight is 258 g/mol. The first kappa shape index (κ1) is 17.9. The molecule has 0 aromatic heterocycles. The van der Waals surface area contributed by atoms with Crippen LogP contribution in [0.25, 0.3) is 0 Å². The van der Waals surface area contributed by atoms with Gasteiger partial charge in [-0.05, 0) is 43.9 Å². The van der Waals surface area contributed by atoms with E-state index in [1.165, 1.54) is 12.8 Å². The molecule has 0 saturated heterocycles. The van der Waals surface area contributed by atoms with E-state index >= 15 is 0 Å². The summed E-state index contributed by atoms with van der Waals surface area (Å²) in [6.45, 7) is 8.57. The summed E-state index contributed by atoms with van der Waals surface area (Å²) in [4.78, 5) is 0. The van der Waals surface area contributed by atoms with Crippen molar-refractivity contribution >= 4 is 0 Å². The standard InChI is InChI=1S/C16H34O2/c1-5-8-9-14(6-2)16(18)11-10-13(4)12-15(17)7-3/h13-18H,5-12H2,1-4H3. The molecule has 2 N–H and O–H groups in total. The number of unbranched alkanes of at least 4 members (excludes halogenated alkanes) is 1. The number of hydrogen-bond donors (Lipinski definition) is 2. The third kappa shape index (κ3) is 8.10. The van der Waals surface area contributed by atoms with Gasteiger partial charge in [-0.3, -0.25) is 0 Å². The van der Waals surface area contributed by atoms with Crippen LogP contribution in [-0.4, -0.2) is 22.4 Å². The number of aliphatic hydroxyl groups excluding tert-OH is 2. The number of aliphatic hydroxyl groups is 2. The highest BCUT2D eigenvalue weighted by atomic mass is 16.3. The fourth-order valence-electron chi connectivity index (χ4n) is 2.57. The van der Waals surface area contributed by atoms with Crippen LogP contribution in [-0.2, 0) is 0 Å². The molecule has 0 aliphatic rings. The average Bonchev–Trinajstić information content (AvgIpc) is 2.37. The van der Waals surface area contributed by atoms with Crippen LogP contribution in [0.1, 0.15) is 79.1 Å². The first-order valence-electron chi connectivity index (χ1n) is 7.91. The Kier molecular flexibility index (Phi) is 10.8. The molecular formula is C16H34O2. The van der Waals surface area contributed by atoms with Crippen LogP contribution in [0.4, 0.5) is 0 Å². The summed E-state index contributed by atoms with van der Waals surface area (Å²) >= 11 is 0. The monoisotopic (exact) mass is 258 g/mol. The van der Waals surface area contributed by atoms with Gasteiger partial charge in [0.05, 0.1) is 12.2 Å². The van der Waals surface area contributed by atoms with E-state index in [4.69, 9.17) is 0 Å². The molecule has 0 rings (SSSR count). The summed E-state index contributed by atoms with van der Waals surface area (Å²) in [6.07, 6.45) is 7.97. The Morgan fingerprint density at radius 2 is 1.56 bits per heavy atom. The minimum absolute atomic E-state index is 0.150. The molecule has 0 aliphatic carbocycles. The molecule has 0 aliphatic heterocycles. The topological polar surface area (TPSA) is 40.5 Å². The molecule has 2 heteroatoms. The van der Waals surface area contributed by atoms with E-state index in [2.05, 4.69) is 20.8 Å². The van der Waals surface area contributed by atoms with E-state index in [-0.39, 0.29) is 12.2 Å². The van der Waals surface area contributed by atoms with E-state index in [1.54, 1.807) is 0 Å². The minimum Gasteiger partial charge on any atom is -0.393 e. The van der Waals surface area contributed by atoms with Gasteiger partial charge in [0.25, 0.3) is 0 Å².